The number of fused-ring (bicyclic) bond motifs is 27. The zero-order valence-corrected chi connectivity index (χ0v) is 38.9. The molecule has 7 bridgehead atoms. The average molecular weight is 886 g/mol. The fourth-order valence-electron chi connectivity index (χ4n) is 20.7. The van der Waals surface area contributed by atoms with E-state index in [9.17, 15) is 0 Å². The number of benzene rings is 6. The maximum atomic E-state index is 6.02. The van der Waals surface area contributed by atoms with E-state index in [1.165, 1.54) is 169 Å². The van der Waals surface area contributed by atoms with Gasteiger partial charge < -0.3 is 4.40 Å². The molecule has 0 saturated heterocycles. The van der Waals surface area contributed by atoms with Gasteiger partial charge in [-0.25, -0.2) is 0 Å². The third-order valence-corrected chi connectivity index (χ3v) is 22.6. The smallest absolute Gasteiger partial charge is 0.0729 e. The second-order valence-electron chi connectivity index (χ2n) is 24.9. The fourth-order valence-corrected chi connectivity index (χ4v) is 20.7. The van der Waals surface area contributed by atoms with Crippen molar-refractivity contribution in [3.8, 4) is 22.3 Å². The van der Waals surface area contributed by atoms with Crippen molar-refractivity contribution in [3.05, 3.63) is 184 Å². The summed E-state index contributed by atoms with van der Waals surface area (Å²) in [5.41, 5.74) is 24.2. The van der Waals surface area contributed by atoms with Crippen LogP contribution >= 0.6 is 0 Å². The Hall–Kier alpha value is -6.32. The highest BCUT2D eigenvalue weighted by atomic mass is 15.0. The molecule has 0 radical (unpaired) electrons. The van der Waals surface area contributed by atoms with E-state index < -0.39 is 10.8 Å². The maximum Gasteiger partial charge on any atom is 0.0729 e. The first-order chi connectivity index (χ1) is 34.1. The van der Waals surface area contributed by atoms with E-state index in [1.54, 1.807) is 22.1 Å². The quantitative estimate of drug-likeness (QED) is 0.152. The predicted molar refractivity (Wildman–Crippen MR) is 276 cm³/mol. The minimum atomic E-state index is -0.426. The van der Waals surface area contributed by atoms with Crippen LogP contribution < -0.4 is 0 Å². The fraction of sp³-hybridized carbons (Fsp3) is 0.333. The van der Waals surface area contributed by atoms with Gasteiger partial charge in [0.1, 0.15) is 0 Å². The molecule has 6 aromatic carbocycles. The molecular weight excluding hydrogens is 835 g/mol. The molecule has 4 heterocycles. The van der Waals surface area contributed by atoms with Gasteiger partial charge in [-0.15, -0.1) is 0 Å². The second-order valence-corrected chi connectivity index (χ2v) is 24.9. The summed E-state index contributed by atoms with van der Waals surface area (Å²) in [6.07, 6.45) is 19.6. The van der Waals surface area contributed by atoms with Gasteiger partial charge in [-0.05, 0) is 202 Å². The van der Waals surface area contributed by atoms with E-state index >= 15 is 0 Å². The Kier molecular flexibility index (Phi) is 5.86. The lowest BCUT2D eigenvalue weighted by atomic mass is 9.56. The van der Waals surface area contributed by atoms with Crippen LogP contribution in [0.25, 0.3) is 71.1 Å². The summed E-state index contributed by atoms with van der Waals surface area (Å²) in [6.45, 7) is 0. The Labute approximate surface area is 401 Å². The van der Waals surface area contributed by atoms with E-state index in [-0.39, 0.29) is 0 Å². The second kappa shape index (κ2) is 11.3. The van der Waals surface area contributed by atoms with E-state index in [4.69, 9.17) is 9.97 Å². The van der Waals surface area contributed by atoms with Gasteiger partial charge in [0, 0.05) is 38.7 Å². The van der Waals surface area contributed by atoms with E-state index in [0.717, 1.165) is 30.1 Å². The van der Waals surface area contributed by atoms with Gasteiger partial charge in [0.15, 0.2) is 0 Å². The summed E-state index contributed by atoms with van der Waals surface area (Å²) in [7, 11) is 0. The molecule has 0 aliphatic heterocycles. The Morgan fingerprint density at radius 2 is 1.04 bits per heavy atom. The molecule has 3 heteroatoms. The van der Waals surface area contributed by atoms with Crippen LogP contribution in [0.2, 0.25) is 0 Å². The third kappa shape index (κ3) is 3.70. The Morgan fingerprint density at radius 3 is 1.70 bits per heavy atom. The van der Waals surface area contributed by atoms with E-state index in [2.05, 4.69) is 132 Å². The molecule has 0 amide bonds. The van der Waals surface area contributed by atoms with Crippen LogP contribution in [-0.4, -0.2) is 14.4 Å². The summed E-state index contributed by atoms with van der Waals surface area (Å²) < 4.78 is 2.72. The summed E-state index contributed by atoms with van der Waals surface area (Å²) in [4.78, 5) is 11.7. The summed E-state index contributed by atoms with van der Waals surface area (Å²) in [5.74, 6) is 6.22. The highest BCUT2D eigenvalue weighted by molar-refractivity contribution is 6.33. The van der Waals surface area contributed by atoms with E-state index in [0.29, 0.717) is 29.1 Å². The van der Waals surface area contributed by atoms with Gasteiger partial charge >= 0.3 is 0 Å². The van der Waals surface area contributed by atoms with Gasteiger partial charge in [0.05, 0.1) is 45.5 Å². The van der Waals surface area contributed by atoms with Crippen LogP contribution in [0.3, 0.4) is 0 Å². The molecule has 5 fully saturated rings. The molecule has 3 spiro atoms. The number of hydrogen-bond donors (Lipinski definition) is 0. The molecule has 21 rings (SSSR count). The molecule has 10 aromatic rings. The van der Waals surface area contributed by atoms with Gasteiger partial charge in [0.2, 0.25) is 0 Å². The van der Waals surface area contributed by atoms with Crippen LogP contribution in [0.4, 0.5) is 0 Å². The van der Waals surface area contributed by atoms with Gasteiger partial charge in [-0.3, -0.25) is 9.97 Å². The van der Waals surface area contributed by atoms with Gasteiger partial charge in [-0.1, -0.05) is 103 Å². The monoisotopic (exact) mass is 885 g/mol. The zero-order valence-electron chi connectivity index (χ0n) is 38.9. The minimum absolute atomic E-state index is 0.425. The van der Waals surface area contributed by atoms with Crippen molar-refractivity contribution in [2.24, 2.45) is 29.1 Å². The summed E-state index contributed by atoms with van der Waals surface area (Å²) in [6, 6.07) is 45.9. The predicted octanol–water partition coefficient (Wildman–Crippen LogP) is 15.6. The van der Waals surface area contributed by atoms with Crippen molar-refractivity contribution in [1.82, 2.24) is 14.4 Å². The van der Waals surface area contributed by atoms with E-state index in [1.807, 2.05) is 0 Å². The van der Waals surface area contributed by atoms with Gasteiger partial charge in [0.25, 0.3) is 0 Å². The minimum Gasteiger partial charge on any atom is -0.305 e. The first-order valence-corrected chi connectivity index (χ1v) is 27.0. The number of aromatic nitrogens is 3. The highest BCUT2D eigenvalue weighted by Crippen LogP contribution is 2.76. The number of rotatable bonds is 0. The van der Waals surface area contributed by atoms with Crippen LogP contribution in [0.1, 0.15) is 150 Å². The lowest BCUT2D eigenvalue weighted by molar-refractivity contribution is 0.00322. The van der Waals surface area contributed by atoms with Crippen molar-refractivity contribution in [2.75, 3.05) is 0 Å². The van der Waals surface area contributed by atoms with Crippen molar-refractivity contribution >= 4 is 48.9 Å². The number of nitrogens with zero attached hydrogens (tertiary/aromatic N) is 3. The Morgan fingerprint density at radius 1 is 0.478 bits per heavy atom. The zero-order chi connectivity index (χ0) is 44.0. The Balaban J connectivity index is 0.994. The van der Waals surface area contributed by atoms with Crippen molar-refractivity contribution < 1.29 is 0 Å². The first kappa shape index (κ1) is 35.7. The standard InChI is InChI=1S/C66H51N3/c1-5-13-50-42(9-1)43-10-2-6-14-51(43)65(50)32-66(52-15-7-3-11-44(52)45-12-4-8-16-53(45)66)63-60(65)57-49-25-35-24-46-38-22-40-26-41-23-39(29-64(40,41)28-38)47(46)27-48(35)58-59-55(69(62(49)58)54(57)31-68-63)30-67-61-37-20-33-17-34(21-37)19-36(18-33)56(59)61/h1-16,24-25,27,30-31,33-34,36-41H,17-23,26,28-29,32H2. The highest BCUT2D eigenvalue weighted by Gasteiger charge is 2.66. The van der Waals surface area contributed by atoms with Crippen molar-refractivity contribution in [1.29, 1.82) is 0 Å². The molecule has 11 aliphatic carbocycles. The lowest BCUT2D eigenvalue weighted by Crippen LogP contribution is -2.41. The summed E-state index contributed by atoms with van der Waals surface area (Å²) >= 11 is 0. The lowest BCUT2D eigenvalue weighted by Gasteiger charge is -2.48. The molecule has 3 nitrogen and oxygen atoms in total. The molecule has 7 atom stereocenters. The van der Waals surface area contributed by atoms with Crippen LogP contribution in [0.5, 0.6) is 0 Å². The molecular formula is C66H51N3. The van der Waals surface area contributed by atoms with Crippen molar-refractivity contribution in [3.63, 3.8) is 0 Å². The normalized spacial score (nSPS) is 30.8. The maximum absolute atomic E-state index is 6.02. The molecule has 4 aromatic heterocycles. The van der Waals surface area contributed by atoms with Crippen LogP contribution in [0, 0.1) is 29.1 Å². The Bertz CT molecular complexity index is 4010. The van der Waals surface area contributed by atoms with Gasteiger partial charge in [-0.2, -0.15) is 0 Å². The third-order valence-electron chi connectivity index (χ3n) is 22.6. The van der Waals surface area contributed by atoms with Crippen LogP contribution in [-0.2, 0) is 10.8 Å². The molecule has 7 unspecified atom stereocenters. The number of pyridine rings is 2. The molecule has 0 N–H and O–H groups in total. The first-order valence-electron chi connectivity index (χ1n) is 27.0. The molecule has 11 aliphatic rings. The number of hydrogen-bond acceptors (Lipinski definition) is 2. The molecule has 5 saturated carbocycles. The SMILES string of the molecule is c1ccc2c(c1)-c1ccccc1C21CC2(c3ccccc3-c3ccccc32)c2c1ncc1c2c2cc3cc4c(cc3c3c5c6c(ncc5n1c23)C1CC2CC(C1)CC6C2)C1CC2CC3CC4CC32C1. The van der Waals surface area contributed by atoms with Crippen molar-refractivity contribution in [2.45, 2.75) is 105 Å². The summed E-state index contributed by atoms with van der Waals surface area (Å²) in [5, 5.41) is 8.90. The average Bonchev–Trinajstić information content (AvgIpc) is 4.21. The van der Waals surface area contributed by atoms with Crippen LogP contribution in [0.15, 0.2) is 128 Å². The largest absolute Gasteiger partial charge is 0.305 e. The molecule has 69 heavy (non-hydrogen) atoms. The topological polar surface area (TPSA) is 30.2 Å². The molecule has 330 valence electrons.